The van der Waals surface area contributed by atoms with Crippen LogP contribution in [0.2, 0.25) is 0 Å². The van der Waals surface area contributed by atoms with E-state index in [4.69, 9.17) is 37.0 Å². The fraction of sp³-hybridized carbons (Fsp3) is 0.951. The Balaban J connectivity index is 5.22. The molecule has 0 aliphatic heterocycles. The number of unbranched alkanes of at least 4 members (excludes halogenated alkanes) is 50. The molecule has 0 fully saturated rings. The highest BCUT2D eigenvalue weighted by Gasteiger charge is 2.30. The van der Waals surface area contributed by atoms with Crippen LogP contribution >= 0.6 is 15.6 Å². The zero-order valence-corrected chi connectivity index (χ0v) is 67.3. The maximum Gasteiger partial charge on any atom is 0.472 e. The molecule has 0 heterocycles. The zero-order valence-electron chi connectivity index (χ0n) is 65.5. The van der Waals surface area contributed by atoms with Gasteiger partial charge in [-0.15, -0.1) is 0 Å². The second-order valence-corrected chi connectivity index (χ2v) is 33.0. The van der Waals surface area contributed by atoms with Gasteiger partial charge in [-0.25, -0.2) is 9.13 Å². The average molecular weight is 1470 g/mol. The summed E-state index contributed by atoms with van der Waals surface area (Å²) in [5.41, 5.74) is 0. The van der Waals surface area contributed by atoms with Gasteiger partial charge in [-0.3, -0.25) is 37.3 Å². The SMILES string of the molecule is CCCCCCCCCCCCCCCCCCCC(=O)OC[C@H](COP(=O)(O)OC[C@@H](O)COP(=O)(O)OC[C@@H](COC(=O)CCCCCCCCCCC)OC(=O)CCCCCCCCCCCCCCC(C)C)OC(=O)CCCCCCCCCCCCCCCCCCC(C)C. The number of hydrogen-bond acceptors (Lipinski definition) is 15. The molecule has 0 aliphatic rings. The maximum absolute atomic E-state index is 13.1. The lowest BCUT2D eigenvalue weighted by Crippen LogP contribution is -2.30. The van der Waals surface area contributed by atoms with E-state index >= 15 is 0 Å². The van der Waals surface area contributed by atoms with E-state index in [1.54, 1.807) is 0 Å². The molecular formula is C81H158O17P2. The van der Waals surface area contributed by atoms with Gasteiger partial charge in [0.2, 0.25) is 0 Å². The topological polar surface area (TPSA) is 237 Å². The minimum atomic E-state index is -4.96. The third-order valence-corrected chi connectivity index (χ3v) is 20.9. The Morgan fingerprint density at radius 1 is 0.270 bits per heavy atom. The van der Waals surface area contributed by atoms with Crippen LogP contribution in [0.1, 0.15) is 427 Å². The maximum atomic E-state index is 13.1. The van der Waals surface area contributed by atoms with E-state index in [2.05, 4.69) is 41.5 Å². The van der Waals surface area contributed by atoms with Crippen LogP contribution in [-0.2, 0) is 65.4 Å². The summed E-state index contributed by atoms with van der Waals surface area (Å²) in [6.45, 7) is 9.66. The van der Waals surface area contributed by atoms with E-state index in [1.807, 2.05) is 0 Å². The highest BCUT2D eigenvalue weighted by atomic mass is 31.2. The number of carbonyl (C=O) groups is 4. The first-order valence-electron chi connectivity index (χ1n) is 42.0. The lowest BCUT2D eigenvalue weighted by Gasteiger charge is -2.21. The lowest BCUT2D eigenvalue weighted by atomic mass is 10.0. The molecule has 19 heteroatoms. The van der Waals surface area contributed by atoms with Crippen LogP contribution in [0, 0.1) is 11.8 Å². The second kappa shape index (κ2) is 72.6. The van der Waals surface area contributed by atoms with Crippen molar-refractivity contribution in [3.05, 3.63) is 0 Å². The van der Waals surface area contributed by atoms with Gasteiger partial charge in [0, 0.05) is 25.7 Å². The molecule has 0 aromatic heterocycles. The van der Waals surface area contributed by atoms with Crippen molar-refractivity contribution in [3.63, 3.8) is 0 Å². The Hall–Kier alpha value is -1.94. The molecule has 0 bridgehead atoms. The van der Waals surface area contributed by atoms with E-state index in [0.29, 0.717) is 25.7 Å². The van der Waals surface area contributed by atoms with Gasteiger partial charge in [0.05, 0.1) is 26.4 Å². The van der Waals surface area contributed by atoms with Crippen molar-refractivity contribution in [1.82, 2.24) is 0 Å². The van der Waals surface area contributed by atoms with Crippen LogP contribution in [0.3, 0.4) is 0 Å². The number of aliphatic hydroxyl groups excluding tert-OH is 1. The molecule has 0 rings (SSSR count). The van der Waals surface area contributed by atoms with Crippen molar-refractivity contribution in [1.29, 1.82) is 0 Å². The number of hydrogen-bond donors (Lipinski definition) is 3. The Morgan fingerprint density at radius 3 is 0.680 bits per heavy atom. The Kier molecular flexibility index (Phi) is 71.2. The number of carbonyl (C=O) groups excluding carboxylic acids is 4. The number of phosphoric acid groups is 2. The van der Waals surface area contributed by atoms with Crippen molar-refractivity contribution < 1.29 is 80.2 Å². The van der Waals surface area contributed by atoms with E-state index in [1.165, 1.54) is 244 Å². The summed E-state index contributed by atoms with van der Waals surface area (Å²) < 4.78 is 68.7. The van der Waals surface area contributed by atoms with Crippen LogP contribution in [0.5, 0.6) is 0 Å². The van der Waals surface area contributed by atoms with E-state index in [9.17, 15) is 43.2 Å². The lowest BCUT2D eigenvalue weighted by molar-refractivity contribution is -0.161. The van der Waals surface area contributed by atoms with Gasteiger partial charge in [0.25, 0.3) is 0 Å². The van der Waals surface area contributed by atoms with Crippen LogP contribution < -0.4 is 0 Å². The molecule has 100 heavy (non-hydrogen) atoms. The molecule has 594 valence electrons. The molecule has 0 aliphatic carbocycles. The minimum Gasteiger partial charge on any atom is -0.462 e. The molecule has 5 atom stereocenters. The largest absolute Gasteiger partial charge is 0.472 e. The summed E-state index contributed by atoms with van der Waals surface area (Å²) in [6.07, 6.45) is 62.4. The molecule has 0 amide bonds. The normalized spacial score (nSPS) is 13.9. The minimum absolute atomic E-state index is 0.107. The smallest absolute Gasteiger partial charge is 0.462 e. The van der Waals surface area contributed by atoms with Gasteiger partial charge >= 0.3 is 39.5 Å². The Morgan fingerprint density at radius 2 is 0.460 bits per heavy atom. The molecule has 17 nitrogen and oxygen atoms in total. The first-order valence-corrected chi connectivity index (χ1v) is 45.0. The highest BCUT2D eigenvalue weighted by Crippen LogP contribution is 2.45. The fourth-order valence-corrected chi connectivity index (χ4v) is 14.1. The van der Waals surface area contributed by atoms with Crippen LogP contribution in [0.15, 0.2) is 0 Å². The summed E-state index contributed by atoms with van der Waals surface area (Å²) in [5.74, 6) is -0.522. The Bertz CT molecular complexity index is 1920. The molecular weight excluding hydrogens is 1310 g/mol. The van der Waals surface area contributed by atoms with Gasteiger partial charge < -0.3 is 33.8 Å². The number of ether oxygens (including phenoxy) is 4. The van der Waals surface area contributed by atoms with Gasteiger partial charge in [0.1, 0.15) is 19.3 Å². The number of esters is 4. The van der Waals surface area contributed by atoms with Crippen LogP contribution in [0.25, 0.3) is 0 Å². The first kappa shape index (κ1) is 98.1. The van der Waals surface area contributed by atoms with Crippen LogP contribution in [-0.4, -0.2) is 96.7 Å². The number of rotatable bonds is 80. The van der Waals surface area contributed by atoms with Gasteiger partial charge in [-0.1, -0.05) is 375 Å². The third kappa shape index (κ3) is 74.3. The zero-order chi connectivity index (χ0) is 73.5. The summed E-state index contributed by atoms with van der Waals surface area (Å²) in [4.78, 5) is 73.0. The predicted molar refractivity (Wildman–Crippen MR) is 409 cm³/mol. The summed E-state index contributed by atoms with van der Waals surface area (Å²) in [7, 11) is -9.92. The van der Waals surface area contributed by atoms with E-state index in [0.717, 1.165) is 102 Å². The molecule has 0 saturated heterocycles. The van der Waals surface area contributed by atoms with Crippen molar-refractivity contribution in [2.24, 2.45) is 11.8 Å². The molecule has 0 saturated carbocycles. The van der Waals surface area contributed by atoms with Gasteiger partial charge in [-0.05, 0) is 37.5 Å². The molecule has 0 spiro atoms. The van der Waals surface area contributed by atoms with Crippen molar-refractivity contribution in [3.8, 4) is 0 Å². The molecule has 0 aromatic carbocycles. The molecule has 0 aromatic rings. The molecule has 3 N–H and O–H groups in total. The monoisotopic (exact) mass is 1470 g/mol. The van der Waals surface area contributed by atoms with Gasteiger partial charge in [-0.2, -0.15) is 0 Å². The highest BCUT2D eigenvalue weighted by molar-refractivity contribution is 7.47. The van der Waals surface area contributed by atoms with Gasteiger partial charge in [0.15, 0.2) is 12.2 Å². The van der Waals surface area contributed by atoms with Crippen molar-refractivity contribution in [2.75, 3.05) is 39.6 Å². The predicted octanol–water partition coefficient (Wildman–Crippen LogP) is 24.3. The summed E-state index contributed by atoms with van der Waals surface area (Å²) in [6, 6.07) is 0. The van der Waals surface area contributed by atoms with E-state index in [-0.39, 0.29) is 25.7 Å². The number of phosphoric ester groups is 2. The van der Waals surface area contributed by atoms with Crippen molar-refractivity contribution >= 4 is 39.5 Å². The average Bonchev–Trinajstić information content (AvgIpc) is 1.11. The molecule has 0 radical (unpaired) electrons. The summed E-state index contributed by atoms with van der Waals surface area (Å²) >= 11 is 0. The molecule has 2 unspecified atom stereocenters. The number of aliphatic hydroxyl groups is 1. The first-order chi connectivity index (χ1) is 48.4. The quantitative estimate of drug-likeness (QED) is 0.0222. The second-order valence-electron chi connectivity index (χ2n) is 30.1. The standard InChI is InChI=1S/C81H158O17P2/c1-7-9-11-13-15-17-18-19-20-21-25-28-34-40-46-52-58-64-79(84)92-70-77(98-80(85)65-59-53-47-41-35-29-26-23-22-24-27-32-38-43-49-55-61-73(3)4)72-96-100(89,90)94-68-75(82)67-93-99(87,88)95-71-76(69-91-78(83)63-57-51-45-37-16-14-12-10-8-2)97-81(86)66-60-54-48-42-36-31-30-33-39-44-50-56-62-74(5)6/h73-77,82H,7-72H2,1-6H3,(H,87,88)(H,89,90)/t75-,76+,77+/m0/s1. The fourth-order valence-electron chi connectivity index (χ4n) is 12.5. The third-order valence-electron chi connectivity index (χ3n) is 19.0. The Labute approximate surface area is 613 Å². The van der Waals surface area contributed by atoms with E-state index < -0.39 is 97.5 Å². The summed E-state index contributed by atoms with van der Waals surface area (Å²) in [5, 5.41) is 10.6. The van der Waals surface area contributed by atoms with Crippen LogP contribution in [0.4, 0.5) is 0 Å². The van der Waals surface area contributed by atoms with Crippen molar-refractivity contribution in [2.45, 2.75) is 445 Å².